The number of hydrogen-bond acceptors (Lipinski definition) is 6. The molecule has 1 heterocycles. The third-order valence-electron chi connectivity index (χ3n) is 4.42. The maximum Gasteiger partial charge on any atom is 0.462 e. The molecule has 0 N–H and O–H groups in total. The van der Waals surface area contributed by atoms with Gasteiger partial charge in [-0.1, -0.05) is 30.3 Å². The van der Waals surface area contributed by atoms with Crippen molar-refractivity contribution in [1.82, 2.24) is 0 Å². The van der Waals surface area contributed by atoms with Gasteiger partial charge in [0.1, 0.15) is 0 Å². The summed E-state index contributed by atoms with van der Waals surface area (Å²) in [5.74, 6) is -0.762. The van der Waals surface area contributed by atoms with Gasteiger partial charge >= 0.3 is 19.1 Å². The normalized spacial score (nSPS) is 27.7. The summed E-state index contributed by atoms with van der Waals surface area (Å²) in [6.07, 6.45) is -1.89. The second-order valence-corrected chi connectivity index (χ2v) is 7.37. The molecule has 1 aromatic carbocycles. The Balaban J connectivity index is 1.70. The molecule has 1 unspecified atom stereocenters. The highest BCUT2D eigenvalue weighted by molar-refractivity contribution is 6.49. The van der Waals surface area contributed by atoms with Gasteiger partial charge in [-0.05, 0) is 45.6 Å². The third-order valence-corrected chi connectivity index (χ3v) is 4.42. The van der Waals surface area contributed by atoms with Crippen LogP contribution in [0.15, 0.2) is 30.3 Å². The number of ether oxygens (including phenoxy) is 2. The van der Waals surface area contributed by atoms with E-state index in [2.05, 4.69) is 12.1 Å². The van der Waals surface area contributed by atoms with Crippen LogP contribution in [0.1, 0.15) is 45.6 Å². The Morgan fingerprint density at radius 3 is 1.92 bits per heavy atom. The molecule has 0 radical (unpaired) electrons. The standard InChI is InChI=1S/C19H25BO6/c1-11(2)23-18(21)16-17(19(22)24-12(3)4)26-20(25-16)15-10-14(15)13-8-6-5-7-9-13/h5-9,11-12,14-17H,10H2,1-4H3/t14?,15-,16+,17+/m0/s1. The van der Waals surface area contributed by atoms with Crippen LogP contribution in [0.4, 0.5) is 0 Å². The predicted molar refractivity (Wildman–Crippen MR) is 95.5 cm³/mol. The van der Waals surface area contributed by atoms with Gasteiger partial charge in [0.25, 0.3) is 0 Å². The van der Waals surface area contributed by atoms with Crippen molar-refractivity contribution in [3.63, 3.8) is 0 Å². The fourth-order valence-electron chi connectivity index (χ4n) is 3.22. The highest BCUT2D eigenvalue weighted by Crippen LogP contribution is 2.56. The van der Waals surface area contributed by atoms with Crippen molar-refractivity contribution in [3.8, 4) is 0 Å². The lowest BCUT2D eigenvalue weighted by atomic mass is 9.80. The van der Waals surface area contributed by atoms with Crippen molar-refractivity contribution in [1.29, 1.82) is 0 Å². The van der Waals surface area contributed by atoms with E-state index in [-0.39, 0.29) is 18.0 Å². The number of hydrogen-bond donors (Lipinski definition) is 0. The molecule has 2 fully saturated rings. The summed E-state index contributed by atoms with van der Waals surface area (Å²) in [6, 6.07) is 10.1. The molecule has 1 saturated carbocycles. The maximum absolute atomic E-state index is 12.4. The lowest BCUT2D eigenvalue weighted by Gasteiger charge is -2.18. The molecular formula is C19H25BO6. The molecule has 1 saturated heterocycles. The second kappa shape index (κ2) is 7.80. The Morgan fingerprint density at radius 1 is 0.962 bits per heavy atom. The fraction of sp³-hybridized carbons (Fsp3) is 0.579. The van der Waals surface area contributed by atoms with Gasteiger partial charge < -0.3 is 18.8 Å². The largest absolute Gasteiger partial charge is 0.462 e. The first-order valence-corrected chi connectivity index (χ1v) is 9.13. The van der Waals surface area contributed by atoms with E-state index in [4.69, 9.17) is 18.8 Å². The molecule has 0 bridgehead atoms. The zero-order chi connectivity index (χ0) is 18.8. The van der Waals surface area contributed by atoms with Gasteiger partial charge in [-0.3, -0.25) is 0 Å². The number of carbonyl (C=O) groups excluding carboxylic acids is 2. The second-order valence-electron chi connectivity index (χ2n) is 7.37. The molecule has 0 amide bonds. The van der Waals surface area contributed by atoms with E-state index in [0.29, 0.717) is 5.92 Å². The number of rotatable bonds is 6. The summed E-state index contributed by atoms with van der Waals surface area (Å²) in [5, 5.41) is 0. The summed E-state index contributed by atoms with van der Waals surface area (Å²) < 4.78 is 22.1. The molecule has 6 nitrogen and oxygen atoms in total. The maximum atomic E-state index is 12.4. The van der Waals surface area contributed by atoms with Crippen LogP contribution in [0.2, 0.25) is 5.82 Å². The molecule has 1 aliphatic heterocycles. The van der Waals surface area contributed by atoms with E-state index in [0.717, 1.165) is 6.42 Å². The third kappa shape index (κ3) is 4.27. The molecule has 3 rings (SSSR count). The van der Waals surface area contributed by atoms with E-state index in [9.17, 15) is 9.59 Å². The van der Waals surface area contributed by atoms with Gasteiger partial charge in [-0.25, -0.2) is 9.59 Å². The summed E-state index contributed by atoms with van der Waals surface area (Å²) in [6.45, 7) is 7.00. The van der Waals surface area contributed by atoms with Gasteiger partial charge in [0, 0.05) is 5.82 Å². The Morgan fingerprint density at radius 2 is 1.46 bits per heavy atom. The van der Waals surface area contributed by atoms with E-state index in [1.807, 2.05) is 18.2 Å². The van der Waals surface area contributed by atoms with Gasteiger partial charge in [0.05, 0.1) is 12.2 Å². The molecule has 1 aromatic rings. The molecule has 7 heteroatoms. The van der Waals surface area contributed by atoms with E-state index < -0.39 is 31.3 Å². The van der Waals surface area contributed by atoms with E-state index in [1.165, 1.54) is 5.56 Å². The summed E-state index contributed by atoms with van der Waals surface area (Å²) in [5.41, 5.74) is 1.21. The minimum Gasteiger partial charge on any atom is -0.461 e. The van der Waals surface area contributed by atoms with Crippen LogP contribution in [-0.4, -0.2) is 43.5 Å². The topological polar surface area (TPSA) is 71.1 Å². The van der Waals surface area contributed by atoms with Crippen LogP contribution < -0.4 is 0 Å². The van der Waals surface area contributed by atoms with Crippen LogP contribution in [0.3, 0.4) is 0 Å². The van der Waals surface area contributed by atoms with Gasteiger partial charge in [-0.15, -0.1) is 0 Å². The Labute approximate surface area is 154 Å². The molecule has 0 aromatic heterocycles. The molecule has 140 valence electrons. The molecule has 1 aliphatic carbocycles. The van der Waals surface area contributed by atoms with Crippen LogP contribution in [0.25, 0.3) is 0 Å². The highest BCUT2D eigenvalue weighted by atomic mass is 16.7. The van der Waals surface area contributed by atoms with E-state index in [1.54, 1.807) is 27.7 Å². The summed E-state index contributed by atoms with van der Waals surface area (Å²) >= 11 is 0. The van der Waals surface area contributed by atoms with Crippen molar-refractivity contribution in [2.75, 3.05) is 0 Å². The van der Waals surface area contributed by atoms with Crippen LogP contribution in [0.5, 0.6) is 0 Å². The predicted octanol–water partition coefficient (Wildman–Crippen LogP) is 2.72. The van der Waals surface area contributed by atoms with Gasteiger partial charge in [0.15, 0.2) is 12.2 Å². The average Bonchev–Trinajstić information content (AvgIpc) is 3.25. The van der Waals surface area contributed by atoms with E-state index >= 15 is 0 Å². The first-order valence-electron chi connectivity index (χ1n) is 9.13. The van der Waals surface area contributed by atoms with Crippen molar-refractivity contribution < 1.29 is 28.4 Å². The summed E-state index contributed by atoms with van der Waals surface area (Å²) in [4.78, 5) is 24.7. The Hall–Kier alpha value is -1.86. The lowest BCUT2D eigenvalue weighted by Crippen LogP contribution is -2.40. The minimum atomic E-state index is -1.09. The Bertz CT molecular complexity index is 617. The number of carbonyl (C=O) groups is 2. The van der Waals surface area contributed by atoms with Crippen molar-refractivity contribution in [2.45, 2.75) is 70.3 Å². The molecule has 2 aliphatic rings. The van der Waals surface area contributed by atoms with Gasteiger partial charge in [0.2, 0.25) is 0 Å². The first kappa shape index (κ1) is 18.9. The van der Waals surface area contributed by atoms with Crippen LogP contribution in [-0.2, 0) is 28.4 Å². The van der Waals surface area contributed by atoms with Crippen LogP contribution in [0, 0.1) is 0 Å². The molecular weight excluding hydrogens is 335 g/mol. The monoisotopic (exact) mass is 360 g/mol. The lowest BCUT2D eigenvalue weighted by molar-refractivity contribution is -0.167. The smallest absolute Gasteiger partial charge is 0.461 e. The molecule has 4 atom stereocenters. The average molecular weight is 360 g/mol. The van der Waals surface area contributed by atoms with Crippen LogP contribution >= 0.6 is 0 Å². The fourth-order valence-corrected chi connectivity index (χ4v) is 3.22. The number of esters is 2. The SMILES string of the molecule is CC(C)OC(=O)[C@@H]1OB([C@H]2CC2c2ccccc2)O[C@H]1C(=O)OC(C)C. The van der Waals surface area contributed by atoms with Crippen molar-refractivity contribution >= 4 is 19.1 Å². The Kier molecular flexibility index (Phi) is 5.68. The zero-order valence-electron chi connectivity index (χ0n) is 15.6. The van der Waals surface area contributed by atoms with Crippen molar-refractivity contribution in [3.05, 3.63) is 35.9 Å². The number of benzene rings is 1. The quantitative estimate of drug-likeness (QED) is 0.574. The van der Waals surface area contributed by atoms with Gasteiger partial charge in [-0.2, -0.15) is 0 Å². The summed E-state index contributed by atoms with van der Waals surface area (Å²) in [7, 11) is -0.616. The minimum absolute atomic E-state index is 0.114. The molecule has 26 heavy (non-hydrogen) atoms. The highest BCUT2D eigenvalue weighted by Gasteiger charge is 2.58. The molecule has 0 spiro atoms. The van der Waals surface area contributed by atoms with Crippen molar-refractivity contribution in [2.24, 2.45) is 0 Å². The first-order chi connectivity index (χ1) is 12.4. The zero-order valence-corrected chi connectivity index (χ0v) is 15.6.